The van der Waals surface area contributed by atoms with Crippen LogP contribution in [0.4, 0.5) is 22.7 Å². The highest BCUT2D eigenvalue weighted by atomic mass is 16.4. The van der Waals surface area contributed by atoms with Gasteiger partial charge < -0.3 is 15.3 Å². The molecule has 0 aliphatic rings. The maximum Gasteiger partial charge on any atom is 0.335 e. The first-order chi connectivity index (χ1) is 13.0. The average molecular weight is 362 g/mol. The third-order valence-corrected chi connectivity index (χ3v) is 3.41. The van der Waals surface area contributed by atoms with Crippen molar-refractivity contribution in [2.45, 2.75) is 0 Å². The number of benzene rings is 3. The number of hydrogen-bond donors (Lipinski definition) is 3. The summed E-state index contributed by atoms with van der Waals surface area (Å²) < 4.78 is 0. The Kier molecular flexibility index (Phi) is 5.17. The van der Waals surface area contributed by atoms with E-state index in [-0.39, 0.29) is 17.1 Å². The molecule has 0 atom stereocenters. The first-order valence-corrected chi connectivity index (χ1v) is 7.79. The molecule has 27 heavy (non-hydrogen) atoms. The summed E-state index contributed by atoms with van der Waals surface area (Å²) in [6, 6.07) is 16.5. The van der Waals surface area contributed by atoms with Crippen LogP contribution in [-0.2, 0) is 0 Å². The van der Waals surface area contributed by atoms with Gasteiger partial charge in [0.05, 0.1) is 28.3 Å². The molecule has 3 aromatic rings. The van der Waals surface area contributed by atoms with Gasteiger partial charge in [-0.1, -0.05) is 0 Å². The molecule has 0 aromatic heterocycles. The maximum atomic E-state index is 11.3. The molecule has 0 saturated carbocycles. The van der Waals surface area contributed by atoms with Crippen molar-refractivity contribution in [2.24, 2.45) is 20.5 Å². The quantitative estimate of drug-likeness (QED) is 0.508. The number of phenolic OH excluding ortho intramolecular Hbond substituents is 2. The van der Waals surface area contributed by atoms with E-state index in [9.17, 15) is 20.1 Å². The predicted octanol–water partition coefficient (Wildman–Crippen LogP) is 5.63. The van der Waals surface area contributed by atoms with E-state index in [1.165, 1.54) is 36.4 Å². The molecule has 8 nitrogen and oxygen atoms in total. The van der Waals surface area contributed by atoms with Crippen LogP contribution in [0, 0.1) is 0 Å². The molecule has 0 saturated heterocycles. The van der Waals surface area contributed by atoms with Crippen LogP contribution in [0.25, 0.3) is 0 Å². The first kappa shape index (κ1) is 17.7. The Bertz CT molecular complexity index is 939. The fourth-order valence-electron chi connectivity index (χ4n) is 2.10. The molecule has 0 aliphatic heterocycles. The van der Waals surface area contributed by atoms with Crippen molar-refractivity contribution in [1.29, 1.82) is 0 Å². The highest BCUT2D eigenvalue weighted by molar-refractivity contribution is 5.90. The number of nitrogens with zero attached hydrogens (tertiary/aromatic N) is 4. The summed E-state index contributed by atoms with van der Waals surface area (Å²) >= 11 is 0. The average Bonchev–Trinajstić information content (AvgIpc) is 2.67. The zero-order valence-corrected chi connectivity index (χ0v) is 13.9. The Morgan fingerprint density at radius 1 is 0.593 bits per heavy atom. The topological polar surface area (TPSA) is 127 Å². The predicted molar refractivity (Wildman–Crippen MR) is 98.0 cm³/mol. The Balaban J connectivity index is 1.89. The van der Waals surface area contributed by atoms with E-state index >= 15 is 0 Å². The van der Waals surface area contributed by atoms with Crippen molar-refractivity contribution in [3.63, 3.8) is 0 Å². The minimum Gasteiger partial charge on any atom is -0.508 e. The number of hydrogen-bond acceptors (Lipinski definition) is 7. The first-order valence-electron chi connectivity index (χ1n) is 7.79. The van der Waals surface area contributed by atoms with E-state index in [1.54, 1.807) is 30.3 Å². The van der Waals surface area contributed by atoms with Gasteiger partial charge in [0, 0.05) is 0 Å². The molecule has 0 spiro atoms. The number of carbonyl (C=O) groups is 1. The number of aromatic hydroxyl groups is 2. The summed E-state index contributed by atoms with van der Waals surface area (Å²) in [4.78, 5) is 11.3. The van der Waals surface area contributed by atoms with Crippen LogP contribution < -0.4 is 0 Å². The van der Waals surface area contributed by atoms with Gasteiger partial charge in [-0.05, 0) is 66.7 Å². The van der Waals surface area contributed by atoms with Crippen LogP contribution in [0.5, 0.6) is 11.5 Å². The van der Waals surface area contributed by atoms with E-state index < -0.39 is 5.97 Å². The van der Waals surface area contributed by atoms with Crippen molar-refractivity contribution in [1.82, 2.24) is 0 Å². The normalized spacial score (nSPS) is 11.3. The lowest BCUT2D eigenvalue weighted by Crippen LogP contribution is -1.94. The van der Waals surface area contributed by atoms with Crippen LogP contribution >= 0.6 is 0 Å². The maximum absolute atomic E-state index is 11.3. The summed E-state index contributed by atoms with van der Waals surface area (Å²) in [7, 11) is 0. The van der Waals surface area contributed by atoms with Crippen molar-refractivity contribution in [2.75, 3.05) is 0 Å². The van der Waals surface area contributed by atoms with Crippen LogP contribution in [0.2, 0.25) is 0 Å². The van der Waals surface area contributed by atoms with E-state index in [0.29, 0.717) is 22.7 Å². The van der Waals surface area contributed by atoms with Crippen molar-refractivity contribution < 1.29 is 20.1 Å². The lowest BCUT2D eigenvalue weighted by molar-refractivity contribution is 0.0697. The second kappa shape index (κ2) is 7.87. The monoisotopic (exact) mass is 362 g/mol. The highest BCUT2D eigenvalue weighted by Crippen LogP contribution is 2.28. The van der Waals surface area contributed by atoms with E-state index in [1.807, 2.05) is 0 Å². The standard InChI is InChI=1S/C19H14N4O4/c24-17-5-1-13(2-6-17)20-22-15-9-12(19(26)27)10-16(11-15)23-21-14-3-7-18(25)8-4-14/h1-11,24-25H,(H,26,27). The number of phenols is 2. The molecular formula is C19H14N4O4. The molecule has 3 rings (SSSR count). The summed E-state index contributed by atoms with van der Waals surface area (Å²) in [6.07, 6.45) is 0. The smallest absolute Gasteiger partial charge is 0.335 e. The fraction of sp³-hybridized carbons (Fsp3) is 0. The highest BCUT2D eigenvalue weighted by Gasteiger charge is 2.07. The number of carboxylic acid groups (broad SMARTS) is 1. The van der Waals surface area contributed by atoms with E-state index in [2.05, 4.69) is 20.5 Å². The third-order valence-electron chi connectivity index (χ3n) is 3.41. The van der Waals surface area contributed by atoms with Crippen LogP contribution in [0.3, 0.4) is 0 Å². The number of aromatic carboxylic acids is 1. The molecular weight excluding hydrogens is 348 g/mol. The summed E-state index contributed by atoms with van der Waals surface area (Å²) in [5, 5.41) is 43.9. The van der Waals surface area contributed by atoms with Crippen LogP contribution in [0.15, 0.2) is 87.2 Å². The molecule has 0 radical (unpaired) electrons. The van der Waals surface area contributed by atoms with Gasteiger partial charge in [-0.25, -0.2) is 4.79 Å². The minimum absolute atomic E-state index is 0.00295. The molecule has 0 amide bonds. The Morgan fingerprint density at radius 3 is 1.33 bits per heavy atom. The Morgan fingerprint density at radius 2 is 0.963 bits per heavy atom. The summed E-state index contributed by atoms with van der Waals surface area (Å²) in [5.41, 5.74) is 1.59. The second-order valence-corrected chi connectivity index (χ2v) is 5.48. The van der Waals surface area contributed by atoms with Gasteiger partial charge >= 0.3 is 5.97 Å². The zero-order valence-electron chi connectivity index (χ0n) is 13.9. The molecule has 3 aromatic carbocycles. The van der Waals surface area contributed by atoms with Crippen LogP contribution in [-0.4, -0.2) is 21.3 Å². The number of azo groups is 2. The molecule has 0 aliphatic carbocycles. The largest absolute Gasteiger partial charge is 0.508 e. The molecule has 8 heteroatoms. The minimum atomic E-state index is -1.13. The fourth-order valence-corrected chi connectivity index (χ4v) is 2.10. The lowest BCUT2D eigenvalue weighted by Gasteiger charge is -2.00. The van der Waals surface area contributed by atoms with Crippen molar-refractivity contribution in [3.8, 4) is 11.5 Å². The molecule has 0 unspecified atom stereocenters. The summed E-state index contributed by atoms with van der Waals surface area (Å²) in [5.74, 6) is -0.907. The van der Waals surface area contributed by atoms with E-state index in [0.717, 1.165) is 0 Å². The third kappa shape index (κ3) is 4.95. The SMILES string of the molecule is O=C(O)c1cc(N=Nc2ccc(O)cc2)cc(N=Nc2ccc(O)cc2)c1. The molecule has 134 valence electrons. The second-order valence-electron chi connectivity index (χ2n) is 5.48. The van der Waals surface area contributed by atoms with Gasteiger partial charge in [0.15, 0.2) is 0 Å². The number of carboxylic acids is 1. The van der Waals surface area contributed by atoms with Gasteiger partial charge in [0.25, 0.3) is 0 Å². The molecule has 0 fully saturated rings. The van der Waals surface area contributed by atoms with Gasteiger partial charge in [-0.2, -0.15) is 20.5 Å². The van der Waals surface area contributed by atoms with E-state index in [4.69, 9.17) is 0 Å². The van der Waals surface area contributed by atoms with Gasteiger partial charge in [-0.3, -0.25) is 0 Å². The van der Waals surface area contributed by atoms with Crippen molar-refractivity contribution in [3.05, 3.63) is 72.3 Å². The Labute approximate surface area is 153 Å². The number of rotatable bonds is 5. The zero-order chi connectivity index (χ0) is 19.2. The Hall–Kier alpha value is -4.07. The lowest BCUT2D eigenvalue weighted by atomic mass is 10.2. The van der Waals surface area contributed by atoms with Gasteiger partial charge in [0.1, 0.15) is 11.5 Å². The molecule has 3 N–H and O–H groups in total. The molecule has 0 heterocycles. The summed E-state index contributed by atoms with van der Waals surface area (Å²) in [6.45, 7) is 0. The van der Waals surface area contributed by atoms with Gasteiger partial charge in [-0.15, -0.1) is 0 Å². The molecule has 0 bridgehead atoms. The van der Waals surface area contributed by atoms with Crippen molar-refractivity contribution >= 4 is 28.7 Å². The van der Waals surface area contributed by atoms with Crippen LogP contribution in [0.1, 0.15) is 10.4 Å². The van der Waals surface area contributed by atoms with Gasteiger partial charge in [0.2, 0.25) is 0 Å².